The van der Waals surface area contributed by atoms with Crippen molar-refractivity contribution in [1.29, 1.82) is 0 Å². The van der Waals surface area contributed by atoms with Crippen molar-refractivity contribution in [3.63, 3.8) is 0 Å². The number of alkyl halides is 4. The van der Waals surface area contributed by atoms with Gasteiger partial charge in [-0.1, -0.05) is 18.2 Å². The number of hydrogen-bond acceptors (Lipinski definition) is 3. The van der Waals surface area contributed by atoms with Crippen molar-refractivity contribution in [2.45, 2.75) is 32.2 Å². The minimum Gasteiger partial charge on any atom is -0.434 e. The van der Waals surface area contributed by atoms with E-state index in [1.165, 1.54) is 25.1 Å². The predicted octanol–water partition coefficient (Wildman–Crippen LogP) is 2.37. The summed E-state index contributed by atoms with van der Waals surface area (Å²) in [6, 6.07) is 5.13. The number of ether oxygens (including phenoxy) is 1. The van der Waals surface area contributed by atoms with Gasteiger partial charge in [0.1, 0.15) is 11.9 Å². The lowest BCUT2D eigenvalue weighted by Gasteiger charge is -2.25. The van der Waals surface area contributed by atoms with Crippen LogP contribution < -0.4 is 10.1 Å². The van der Waals surface area contributed by atoms with Crippen LogP contribution in [0.15, 0.2) is 24.3 Å². The molecule has 1 aromatic rings. The molecule has 0 bridgehead atoms. The molecule has 8 heteroatoms. The Bertz CT molecular complexity index is 513. The van der Waals surface area contributed by atoms with Gasteiger partial charge in [0.25, 0.3) is 6.43 Å². The maximum absolute atomic E-state index is 12.6. The molecular formula is C13H14F4N2O2. The van der Waals surface area contributed by atoms with Crippen LogP contribution in [0.25, 0.3) is 0 Å². The fraction of sp³-hybridized carbons (Fsp3) is 0.462. The van der Waals surface area contributed by atoms with E-state index in [9.17, 15) is 22.4 Å². The molecule has 1 N–H and O–H groups in total. The van der Waals surface area contributed by atoms with Gasteiger partial charge in [-0.2, -0.15) is 8.78 Å². The number of carbonyl (C=O) groups excluding carboxylic acids is 1. The minimum atomic E-state index is -3.04. The summed E-state index contributed by atoms with van der Waals surface area (Å²) in [5.74, 6) is -0.654. The molecule has 1 aromatic carbocycles. The van der Waals surface area contributed by atoms with Crippen LogP contribution in [-0.2, 0) is 4.79 Å². The number of para-hydroxylation sites is 1. The molecule has 0 spiro atoms. The number of nitrogens with zero attached hydrogens (tertiary/aromatic N) is 1. The van der Waals surface area contributed by atoms with Crippen molar-refractivity contribution in [1.82, 2.24) is 10.2 Å². The number of hydrogen-bond donors (Lipinski definition) is 1. The maximum atomic E-state index is 12.6. The third-order valence-electron chi connectivity index (χ3n) is 3.14. The second kappa shape index (κ2) is 6.30. The van der Waals surface area contributed by atoms with Crippen LogP contribution in [0.1, 0.15) is 18.7 Å². The maximum Gasteiger partial charge on any atom is 0.387 e. The lowest BCUT2D eigenvalue weighted by molar-refractivity contribution is -0.131. The average molecular weight is 306 g/mol. The van der Waals surface area contributed by atoms with Gasteiger partial charge in [-0.05, 0) is 13.0 Å². The molecular weight excluding hydrogens is 292 g/mol. The van der Waals surface area contributed by atoms with E-state index in [-0.39, 0.29) is 11.3 Å². The fourth-order valence-electron chi connectivity index (χ4n) is 2.29. The van der Waals surface area contributed by atoms with Gasteiger partial charge >= 0.3 is 6.61 Å². The Morgan fingerprint density at radius 1 is 1.29 bits per heavy atom. The first-order chi connectivity index (χ1) is 9.90. The summed E-state index contributed by atoms with van der Waals surface area (Å²) in [7, 11) is 0. The molecule has 1 amide bonds. The zero-order valence-electron chi connectivity index (χ0n) is 11.1. The Morgan fingerprint density at radius 2 is 1.95 bits per heavy atom. The molecule has 0 radical (unpaired) electrons. The number of nitrogens with one attached hydrogen (secondary N) is 1. The molecule has 1 fully saturated rings. The quantitative estimate of drug-likeness (QED) is 0.849. The number of amides is 1. The normalized spacial score (nSPS) is 22.4. The van der Waals surface area contributed by atoms with Crippen molar-refractivity contribution in [3.8, 4) is 5.75 Å². The van der Waals surface area contributed by atoms with E-state index >= 15 is 0 Å². The zero-order chi connectivity index (χ0) is 15.6. The highest BCUT2D eigenvalue weighted by molar-refractivity contribution is 5.84. The molecule has 4 nitrogen and oxygen atoms in total. The summed E-state index contributed by atoms with van der Waals surface area (Å²) in [4.78, 5) is 12.8. The van der Waals surface area contributed by atoms with Gasteiger partial charge in [-0.3, -0.25) is 10.1 Å². The number of carbonyl (C=O) groups is 1. The zero-order valence-corrected chi connectivity index (χ0v) is 11.1. The summed E-state index contributed by atoms with van der Waals surface area (Å²) in [6.45, 7) is -2.29. The van der Waals surface area contributed by atoms with E-state index in [4.69, 9.17) is 0 Å². The molecule has 0 aromatic heterocycles. The third kappa shape index (κ3) is 3.44. The highest BCUT2D eigenvalue weighted by Gasteiger charge is 2.39. The molecule has 2 atom stereocenters. The number of benzene rings is 1. The summed E-state index contributed by atoms with van der Waals surface area (Å²) < 4.78 is 54.4. The molecule has 116 valence electrons. The van der Waals surface area contributed by atoms with E-state index in [1.54, 1.807) is 6.07 Å². The molecule has 1 heterocycles. The van der Waals surface area contributed by atoms with Crippen molar-refractivity contribution < 1.29 is 27.1 Å². The SMILES string of the molecule is CC1NC(c2ccccc2OC(F)F)N(CC(F)F)C1=O. The van der Waals surface area contributed by atoms with Crippen molar-refractivity contribution in [2.75, 3.05) is 6.54 Å². The average Bonchev–Trinajstić information content (AvgIpc) is 2.66. The summed E-state index contributed by atoms with van der Waals surface area (Å²) >= 11 is 0. The second-order valence-electron chi connectivity index (χ2n) is 4.59. The smallest absolute Gasteiger partial charge is 0.387 e. The first-order valence-corrected chi connectivity index (χ1v) is 6.28. The van der Waals surface area contributed by atoms with Gasteiger partial charge in [0.2, 0.25) is 5.91 Å². The highest BCUT2D eigenvalue weighted by atomic mass is 19.3. The first kappa shape index (κ1) is 15.6. The fourth-order valence-corrected chi connectivity index (χ4v) is 2.29. The monoisotopic (exact) mass is 306 g/mol. The minimum absolute atomic E-state index is 0.147. The first-order valence-electron chi connectivity index (χ1n) is 6.28. The summed E-state index contributed by atoms with van der Waals surface area (Å²) in [5.41, 5.74) is 0.219. The van der Waals surface area contributed by atoms with E-state index in [0.717, 1.165) is 4.90 Å². The Morgan fingerprint density at radius 3 is 2.57 bits per heavy atom. The van der Waals surface area contributed by atoms with Crippen LogP contribution in [0, 0.1) is 0 Å². The lowest BCUT2D eigenvalue weighted by Crippen LogP contribution is -2.35. The third-order valence-corrected chi connectivity index (χ3v) is 3.14. The molecule has 2 unspecified atom stereocenters. The molecule has 0 aliphatic carbocycles. The largest absolute Gasteiger partial charge is 0.434 e. The van der Waals surface area contributed by atoms with Gasteiger partial charge < -0.3 is 9.64 Å². The molecule has 1 aliphatic heterocycles. The molecule has 1 aliphatic rings. The van der Waals surface area contributed by atoms with E-state index in [1.807, 2.05) is 0 Å². The van der Waals surface area contributed by atoms with Gasteiger partial charge in [0.15, 0.2) is 0 Å². The van der Waals surface area contributed by atoms with E-state index in [2.05, 4.69) is 10.1 Å². The van der Waals surface area contributed by atoms with Gasteiger partial charge in [0.05, 0.1) is 12.6 Å². The second-order valence-corrected chi connectivity index (χ2v) is 4.59. The van der Waals surface area contributed by atoms with E-state index < -0.39 is 37.7 Å². The Hall–Kier alpha value is -1.83. The number of halogens is 4. The molecule has 0 saturated carbocycles. The van der Waals surface area contributed by atoms with Gasteiger partial charge in [0, 0.05) is 5.56 Å². The Labute approximate surface area is 118 Å². The van der Waals surface area contributed by atoms with Crippen molar-refractivity contribution >= 4 is 5.91 Å². The molecule has 1 saturated heterocycles. The van der Waals surface area contributed by atoms with Crippen LogP contribution >= 0.6 is 0 Å². The van der Waals surface area contributed by atoms with Gasteiger partial charge in [-0.15, -0.1) is 0 Å². The van der Waals surface area contributed by atoms with Crippen LogP contribution in [0.3, 0.4) is 0 Å². The Kier molecular flexibility index (Phi) is 4.66. The highest BCUT2D eigenvalue weighted by Crippen LogP contribution is 2.33. The van der Waals surface area contributed by atoms with Crippen molar-refractivity contribution in [2.24, 2.45) is 0 Å². The predicted molar refractivity (Wildman–Crippen MR) is 66.1 cm³/mol. The topological polar surface area (TPSA) is 41.6 Å². The summed E-state index contributed by atoms with van der Waals surface area (Å²) in [6.07, 6.45) is -3.64. The molecule has 2 rings (SSSR count). The van der Waals surface area contributed by atoms with Crippen LogP contribution in [0.2, 0.25) is 0 Å². The van der Waals surface area contributed by atoms with E-state index in [0.29, 0.717) is 0 Å². The lowest BCUT2D eigenvalue weighted by atomic mass is 10.1. The Balaban J connectivity index is 2.33. The molecule has 21 heavy (non-hydrogen) atoms. The van der Waals surface area contributed by atoms with Crippen LogP contribution in [0.4, 0.5) is 17.6 Å². The van der Waals surface area contributed by atoms with Crippen LogP contribution in [-0.4, -0.2) is 36.4 Å². The summed E-state index contributed by atoms with van der Waals surface area (Å²) in [5, 5.41) is 2.81. The van der Waals surface area contributed by atoms with Crippen LogP contribution in [0.5, 0.6) is 5.75 Å². The van der Waals surface area contributed by atoms with Crippen molar-refractivity contribution in [3.05, 3.63) is 29.8 Å². The number of rotatable bonds is 5. The van der Waals surface area contributed by atoms with Gasteiger partial charge in [-0.25, -0.2) is 8.78 Å². The standard InChI is InChI=1S/C13H14F4N2O2/c1-7-12(20)19(6-10(14)15)11(18-7)8-4-2-3-5-9(8)21-13(16)17/h2-5,7,10-11,13,18H,6H2,1H3.